The van der Waals surface area contributed by atoms with E-state index in [-0.39, 0.29) is 29.5 Å². The summed E-state index contributed by atoms with van der Waals surface area (Å²) in [6.07, 6.45) is 0.773. The molecule has 8 heteroatoms. The maximum absolute atomic E-state index is 13.2. The van der Waals surface area contributed by atoms with Gasteiger partial charge in [0.25, 0.3) is 5.91 Å². The van der Waals surface area contributed by atoms with Crippen LogP contribution in [-0.4, -0.2) is 29.9 Å². The van der Waals surface area contributed by atoms with E-state index >= 15 is 0 Å². The molecule has 168 valence electrons. The standard InChI is InChI=1S/C25H21ClFN3O2S/c26-20-16-18(27)10-11-19(20)24(32)28-14-12-23(31)30(15-13-17-6-2-1-3-7-17)25-29-21-8-4-5-9-22(21)33-25/h1-11,16H,12-15H2,(H,28,32). The monoisotopic (exact) mass is 481 g/mol. The van der Waals surface area contributed by atoms with Crippen molar-refractivity contribution >= 4 is 50.1 Å². The van der Waals surface area contributed by atoms with Crippen molar-refractivity contribution in [3.63, 3.8) is 0 Å². The van der Waals surface area contributed by atoms with Gasteiger partial charge in [-0.15, -0.1) is 0 Å². The van der Waals surface area contributed by atoms with Crippen LogP contribution in [0.1, 0.15) is 22.3 Å². The van der Waals surface area contributed by atoms with Gasteiger partial charge < -0.3 is 5.32 Å². The zero-order valence-corrected chi connectivity index (χ0v) is 19.2. The first-order valence-corrected chi connectivity index (χ1v) is 11.6. The molecule has 0 aliphatic heterocycles. The van der Waals surface area contributed by atoms with E-state index in [1.54, 1.807) is 4.90 Å². The van der Waals surface area contributed by atoms with E-state index in [2.05, 4.69) is 10.3 Å². The quantitative estimate of drug-likeness (QED) is 0.362. The highest BCUT2D eigenvalue weighted by Gasteiger charge is 2.20. The second-order valence-corrected chi connectivity index (χ2v) is 8.79. The first-order chi connectivity index (χ1) is 16.0. The smallest absolute Gasteiger partial charge is 0.252 e. The summed E-state index contributed by atoms with van der Waals surface area (Å²) in [7, 11) is 0. The van der Waals surface area contributed by atoms with Crippen LogP contribution in [0.15, 0.2) is 72.8 Å². The first-order valence-electron chi connectivity index (χ1n) is 10.4. The third-order valence-corrected chi connectivity index (χ3v) is 6.45. The highest BCUT2D eigenvalue weighted by Crippen LogP contribution is 2.29. The molecule has 0 atom stereocenters. The topological polar surface area (TPSA) is 62.3 Å². The lowest BCUT2D eigenvalue weighted by Gasteiger charge is -2.20. The molecule has 0 aliphatic rings. The van der Waals surface area contributed by atoms with Crippen LogP contribution < -0.4 is 10.2 Å². The van der Waals surface area contributed by atoms with Crippen LogP contribution in [0, 0.1) is 5.82 Å². The highest BCUT2D eigenvalue weighted by molar-refractivity contribution is 7.22. The molecule has 0 spiro atoms. The fourth-order valence-electron chi connectivity index (χ4n) is 3.37. The van der Waals surface area contributed by atoms with Gasteiger partial charge in [-0.25, -0.2) is 9.37 Å². The Morgan fingerprint density at radius 1 is 1.03 bits per heavy atom. The van der Waals surface area contributed by atoms with E-state index in [4.69, 9.17) is 11.6 Å². The molecule has 1 heterocycles. The van der Waals surface area contributed by atoms with Gasteiger partial charge in [-0.1, -0.05) is 65.4 Å². The summed E-state index contributed by atoms with van der Waals surface area (Å²) in [5.74, 6) is -1.12. The Morgan fingerprint density at radius 2 is 1.79 bits per heavy atom. The molecule has 5 nitrogen and oxygen atoms in total. The number of carbonyl (C=O) groups excluding carboxylic acids is 2. The molecule has 0 aliphatic carbocycles. The SMILES string of the molecule is O=C(NCCC(=O)N(CCc1ccccc1)c1nc2ccccc2s1)c1ccc(F)cc1Cl. The van der Waals surface area contributed by atoms with Crippen LogP contribution in [0.4, 0.5) is 9.52 Å². The van der Waals surface area contributed by atoms with Crippen LogP contribution in [0.25, 0.3) is 10.2 Å². The van der Waals surface area contributed by atoms with Crippen molar-refractivity contribution in [2.75, 3.05) is 18.0 Å². The summed E-state index contributed by atoms with van der Waals surface area (Å²) in [5, 5.41) is 3.34. The summed E-state index contributed by atoms with van der Waals surface area (Å²) in [5.41, 5.74) is 2.13. The number of carbonyl (C=O) groups is 2. The van der Waals surface area contributed by atoms with Gasteiger partial charge in [-0.3, -0.25) is 14.5 Å². The number of para-hydroxylation sites is 1. The number of benzene rings is 3. The number of hydrogen-bond donors (Lipinski definition) is 1. The Hall–Kier alpha value is -3.29. The Balaban J connectivity index is 1.44. The molecule has 2 amide bonds. The zero-order chi connectivity index (χ0) is 23.2. The van der Waals surface area contributed by atoms with Crippen molar-refractivity contribution in [3.8, 4) is 0 Å². The van der Waals surface area contributed by atoms with E-state index in [9.17, 15) is 14.0 Å². The number of anilines is 1. The average Bonchev–Trinajstić information content (AvgIpc) is 3.23. The molecule has 0 unspecified atom stereocenters. The maximum atomic E-state index is 13.2. The van der Waals surface area contributed by atoms with Crippen LogP contribution in [0.3, 0.4) is 0 Å². The lowest BCUT2D eigenvalue weighted by atomic mass is 10.1. The van der Waals surface area contributed by atoms with Gasteiger partial charge >= 0.3 is 0 Å². The molecule has 4 aromatic rings. The van der Waals surface area contributed by atoms with Crippen molar-refractivity contribution in [2.45, 2.75) is 12.8 Å². The number of fused-ring (bicyclic) bond motifs is 1. The summed E-state index contributed by atoms with van der Waals surface area (Å²) in [6.45, 7) is 0.596. The number of halogens is 2. The minimum Gasteiger partial charge on any atom is -0.351 e. The predicted octanol–water partition coefficient (Wildman–Crippen LogP) is 5.48. The number of nitrogens with one attached hydrogen (secondary N) is 1. The molecular formula is C25H21ClFN3O2S. The summed E-state index contributed by atoms with van der Waals surface area (Å²) in [4.78, 5) is 31.8. The number of thiazole rings is 1. The van der Waals surface area contributed by atoms with E-state index in [0.29, 0.717) is 18.1 Å². The molecule has 0 bridgehead atoms. The van der Waals surface area contributed by atoms with Crippen molar-refractivity contribution < 1.29 is 14.0 Å². The molecule has 3 aromatic carbocycles. The van der Waals surface area contributed by atoms with E-state index in [0.717, 1.165) is 21.8 Å². The summed E-state index contributed by atoms with van der Waals surface area (Å²) >= 11 is 7.41. The Kier molecular flexibility index (Phi) is 7.32. The van der Waals surface area contributed by atoms with Crippen LogP contribution >= 0.6 is 22.9 Å². The lowest BCUT2D eigenvalue weighted by molar-refractivity contribution is -0.118. The fourth-order valence-corrected chi connectivity index (χ4v) is 4.64. The second-order valence-electron chi connectivity index (χ2n) is 7.38. The molecule has 33 heavy (non-hydrogen) atoms. The largest absolute Gasteiger partial charge is 0.351 e. The second kappa shape index (κ2) is 10.6. The predicted molar refractivity (Wildman–Crippen MR) is 130 cm³/mol. The van der Waals surface area contributed by atoms with Gasteiger partial charge in [0.1, 0.15) is 5.82 Å². The van der Waals surface area contributed by atoms with Crippen molar-refractivity contribution in [2.24, 2.45) is 0 Å². The molecule has 0 radical (unpaired) electrons. The van der Waals surface area contributed by atoms with Crippen LogP contribution in [0.5, 0.6) is 0 Å². The lowest BCUT2D eigenvalue weighted by Crippen LogP contribution is -2.36. The molecule has 0 fully saturated rings. The first kappa shape index (κ1) is 22.9. The number of amides is 2. The number of aromatic nitrogens is 1. The number of rotatable bonds is 8. The molecule has 0 saturated carbocycles. The van der Waals surface area contributed by atoms with E-state index < -0.39 is 11.7 Å². The zero-order valence-electron chi connectivity index (χ0n) is 17.6. The summed E-state index contributed by atoms with van der Waals surface area (Å²) < 4.78 is 14.2. The van der Waals surface area contributed by atoms with E-state index in [1.165, 1.54) is 23.5 Å². The van der Waals surface area contributed by atoms with Crippen molar-refractivity contribution in [1.29, 1.82) is 0 Å². The maximum Gasteiger partial charge on any atom is 0.252 e. The normalized spacial score (nSPS) is 10.8. The van der Waals surface area contributed by atoms with Gasteiger partial charge in [0.05, 0.1) is 20.8 Å². The van der Waals surface area contributed by atoms with Gasteiger partial charge in [-0.05, 0) is 42.3 Å². The molecule has 1 aromatic heterocycles. The molecule has 0 saturated heterocycles. The number of hydrogen-bond acceptors (Lipinski definition) is 4. The molecule has 1 N–H and O–H groups in total. The Labute approximate surface area is 199 Å². The molecule has 4 rings (SSSR count). The number of nitrogens with zero attached hydrogens (tertiary/aromatic N) is 2. The van der Waals surface area contributed by atoms with Gasteiger partial charge in [0.15, 0.2) is 5.13 Å². The minimum atomic E-state index is -0.517. The van der Waals surface area contributed by atoms with Gasteiger partial charge in [0.2, 0.25) is 5.91 Å². The highest BCUT2D eigenvalue weighted by atomic mass is 35.5. The van der Waals surface area contributed by atoms with Crippen molar-refractivity contribution in [1.82, 2.24) is 10.3 Å². The molecular weight excluding hydrogens is 461 g/mol. The third kappa shape index (κ3) is 5.74. The van der Waals surface area contributed by atoms with E-state index in [1.807, 2.05) is 54.6 Å². The van der Waals surface area contributed by atoms with Crippen LogP contribution in [-0.2, 0) is 11.2 Å². The minimum absolute atomic E-state index is 0.0257. The summed E-state index contributed by atoms with van der Waals surface area (Å²) in [6, 6.07) is 21.3. The fraction of sp³-hybridized carbons (Fsp3) is 0.160. The van der Waals surface area contributed by atoms with Gasteiger partial charge in [-0.2, -0.15) is 0 Å². The Morgan fingerprint density at radius 3 is 2.55 bits per heavy atom. The Bertz CT molecular complexity index is 1250. The van der Waals surface area contributed by atoms with Crippen LogP contribution in [0.2, 0.25) is 5.02 Å². The van der Waals surface area contributed by atoms with Gasteiger partial charge in [0, 0.05) is 19.5 Å². The average molecular weight is 482 g/mol. The van der Waals surface area contributed by atoms with Crippen molar-refractivity contribution in [3.05, 3.63) is 94.8 Å². The third-order valence-electron chi connectivity index (χ3n) is 5.08.